The van der Waals surface area contributed by atoms with Gasteiger partial charge in [0, 0.05) is 45.3 Å². The number of rotatable bonds is 5. The second kappa shape index (κ2) is 7.61. The van der Waals surface area contributed by atoms with Gasteiger partial charge in [0.15, 0.2) is 0 Å². The van der Waals surface area contributed by atoms with Gasteiger partial charge in [-0.05, 0) is 19.9 Å². The second-order valence-corrected chi connectivity index (χ2v) is 5.96. The Bertz CT molecular complexity index is 504. The summed E-state index contributed by atoms with van der Waals surface area (Å²) in [6, 6.07) is 7.96. The normalized spacial score (nSPS) is 20.5. The number of benzene rings is 1. The number of likely N-dealkylation sites (N-methyl/N-ethyl adjacent to an activating group) is 1. The number of nitrogens with zero attached hydrogens (tertiary/aromatic N) is 2. The second-order valence-electron chi connectivity index (χ2n) is 5.96. The van der Waals surface area contributed by atoms with Crippen LogP contribution in [0.5, 0.6) is 5.75 Å². The average molecular weight is 305 g/mol. The molecule has 1 aromatic carbocycles. The van der Waals surface area contributed by atoms with E-state index in [0.29, 0.717) is 12.6 Å². The molecule has 2 rings (SSSR count). The van der Waals surface area contributed by atoms with Crippen molar-refractivity contribution in [1.82, 2.24) is 15.1 Å². The fraction of sp³-hybridized carbons (Fsp3) is 0.588. The molecule has 5 heteroatoms. The number of carbonyl (C=O) groups excluding carboxylic acids is 1. The minimum atomic E-state index is -0.290. The minimum absolute atomic E-state index is 0.0984. The van der Waals surface area contributed by atoms with Gasteiger partial charge in [-0.3, -0.25) is 9.69 Å². The van der Waals surface area contributed by atoms with Crippen molar-refractivity contribution < 1.29 is 9.53 Å². The average Bonchev–Trinajstić information content (AvgIpc) is 2.49. The summed E-state index contributed by atoms with van der Waals surface area (Å²) in [4.78, 5) is 16.7. The van der Waals surface area contributed by atoms with Gasteiger partial charge in [-0.25, -0.2) is 0 Å². The number of hydrogen-bond donors (Lipinski definition) is 1. The van der Waals surface area contributed by atoms with E-state index in [4.69, 9.17) is 4.74 Å². The third-order valence-electron chi connectivity index (χ3n) is 3.95. The summed E-state index contributed by atoms with van der Waals surface area (Å²) in [5, 5.41) is 3.43. The number of carbonyl (C=O) groups is 1. The predicted molar refractivity (Wildman–Crippen MR) is 88.1 cm³/mol. The van der Waals surface area contributed by atoms with Crippen LogP contribution < -0.4 is 10.1 Å². The van der Waals surface area contributed by atoms with E-state index in [-0.39, 0.29) is 11.9 Å². The standard InChI is InChI=1S/C17H27N3O2/c1-5-22-15-9-7-6-8-14(15)16(17(21)19(3)4)20-11-10-18-13(2)12-20/h6-9,13,16,18H,5,10-12H2,1-4H3. The van der Waals surface area contributed by atoms with Gasteiger partial charge in [0.2, 0.25) is 5.91 Å². The molecule has 122 valence electrons. The van der Waals surface area contributed by atoms with Gasteiger partial charge in [0.25, 0.3) is 0 Å². The number of hydrogen-bond acceptors (Lipinski definition) is 4. The Labute approximate surface area is 133 Å². The lowest BCUT2D eigenvalue weighted by molar-refractivity contribution is -0.135. The lowest BCUT2D eigenvalue weighted by atomic mass is 10.0. The smallest absolute Gasteiger partial charge is 0.244 e. The summed E-state index contributed by atoms with van der Waals surface area (Å²) >= 11 is 0. The first-order valence-electron chi connectivity index (χ1n) is 7.95. The van der Waals surface area contributed by atoms with Crippen molar-refractivity contribution in [2.45, 2.75) is 25.9 Å². The highest BCUT2D eigenvalue weighted by Gasteiger charge is 2.33. The highest BCUT2D eigenvalue weighted by atomic mass is 16.5. The van der Waals surface area contributed by atoms with Crippen LogP contribution in [0.3, 0.4) is 0 Å². The van der Waals surface area contributed by atoms with Gasteiger partial charge >= 0.3 is 0 Å². The summed E-state index contributed by atoms with van der Waals surface area (Å²) in [5.41, 5.74) is 0.956. The van der Waals surface area contributed by atoms with Crippen LogP contribution in [0.4, 0.5) is 0 Å². The lowest BCUT2D eigenvalue weighted by Gasteiger charge is -2.38. The fourth-order valence-corrected chi connectivity index (χ4v) is 2.92. The van der Waals surface area contributed by atoms with Crippen LogP contribution in [0, 0.1) is 0 Å². The van der Waals surface area contributed by atoms with Crippen molar-refractivity contribution in [1.29, 1.82) is 0 Å². The SMILES string of the molecule is CCOc1ccccc1C(C(=O)N(C)C)N1CCNC(C)C1. The highest BCUT2D eigenvalue weighted by molar-refractivity contribution is 5.83. The van der Waals surface area contributed by atoms with E-state index in [1.54, 1.807) is 4.90 Å². The maximum atomic E-state index is 12.8. The van der Waals surface area contributed by atoms with Crippen LogP contribution in [-0.4, -0.2) is 62.1 Å². The van der Waals surface area contributed by atoms with Gasteiger partial charge in [0.05, 0.1) is 6.61 Å². The quantitative estimate of drug-likeness (QED) is 0.895. The maximum absolute atomic E-state index is 12.8. The van der Waals surface area contributed by atoms with Crippen molar-refractivity contribution >= 4 is 5.91 Å². The van der Waals surface area contributed by atoms with E-state index in [2.05, 4.69) is 17.1 Å². The third-order valence-corrected chi connectivity index (χ3v) is 3.95. The first kappa shape index (κ1) is 16.8. The van der Waals surface area contributed by atoms with Gasteiger partial charge < -0.3 is 15.0 Å². The molecule has 0 aliphatic carbocycles. The van der Waals surface area contributed by atoms with E-state index < -0.39 is 0 Å². The van der Waals surface area contributed by atoms with Crippen molar-refractivity contribution in [3.8, 4) is 5.75 Å². The number of ether oxygens (including phenoxy) is 1. The number of para-hydroxylation sites is 1. The molecule has 0 radical (unpaired) electrons. The van der Waals surface area contributed by atoms with Crippen LogP contribution in [0.25, 0.3) is 0 Å². The number of amides is 1. The molecular formula is C17H27N3O2. The van der Waals surface area contributed by atoms with Crippen molar-refractivity contribution in [3.63, 3.8) is 0 Å². The molecule has 2 unspecified atom stereocenters. The number of piperazine rings is 1. The monoisotopic (exact) mass is 305 g/mol. The largest absolute Gasteiger partial charge is 0.494 e. The molecule has 5 nitrogen and oxygen atoms in total. The molecule has 0 saturated carbocycles. The molecule has 1 N–H and O–H groups in total. The molecule has 1 heterocycles. The Balaban J connectivity index is 2.38. The van der Waals surface area contributed by atoms with Gasteiger partial charge in [-0.15, -0.1) is 0 Å². The van der Waals surface area contributed by atoms with Crippen molar-refractivity contribution in [3.05, 3.63) is 29.8 Å². The van der Waals surface area contributed by atoms with E-state index in [1.807, 2.05) is 45.3 Å². The van der Waals surface area contributed by atoms with Gasteiger partial charge in [0.1, 0.15) is 11.8 Å². The molecule has 1 fully saturated rings. The Morgan fingerprint density at radius 3 is 2.82 bits per heavy atom. The molecule has 2 atom stereocenters. The predicted octanol–water partition coefficient (Wildman–Crippen LogP) is 1.51. The van der Waals surface area contributed by atoms with Crippen LogP contribution in [0.1, 0.15) is 25.5 Å². The molecule has 22 heavy (non-hydrogen) atoms. The Morgan fingerprint density at radius 1 is 1.45 bits per heavy atom. The molecule has 0 spiro atoms. The van der Waals surface area contributed by atoms with E-state index in [9.17, 15) is 4.79 Å². The topological polar surface area (TPSA) is 44.8 Å². The molecule has 1 aromatic rings. The van der Waals surface area contributed by atoms with E-state index >= 15 is 0 Å². The fourth-order valence-electron chi connectivity index (χ4n) is 2.92. The zero-order valence-corrected chi connectivity index (χ0v) is 14.0. The van der Waals surface area contributed by atoms with E-state index in [1.165, 1.54) is 0 Å². The summed E-state index contributed by atoms with van der Waals surface area (Å²) in [6.07, 6.45) is 0. The molecule has 1 saturated heterocycles. The van der Waals surface area contributed by atoms with Gasteiger partial charge in [-0.1, -0.05) is 18.2 Å². The first-order valence-corrected chi connectivity index (χ1v) is 7.95. The molecule has 1 aliphatic heterocycles. The zero-order chi connectivity index (χ0) is 16.1. The molecule has 1 amide bonds. The van der Waals surface area contributed by atoms with Crippen LogP contribution in [-0.2, 0) is 4.79 Å². The number of nitrogens with one attached hydrogen (secondary N) is 1. The minimum Gasteiger partial charge on any atom is -0.494 e. The molecule has 1 aliphatic rings. The first-order chi connectivity index (χ1) is 10.5. The molecule has 0 bridgehead atoms. The zero-order valence-electron chi connectivity index (χ0n) is 14.0. The van der Waals surface area contributed by atoms with Crippen molar-refractivity contribution in [2.24, 2.45) is 0 Å². The summed E-state index contributed by atoms with van der Waals surface area (Å²) in [7, 11) is 3.62. The third kappa shape index (κ3) is 3.78. The Morgan fingerprint density at radius 2 is 2.18 bits per heavy atom. The lowest BCUT2D eigenvalue weighted by Crippen LogP contribution is -2.53. The highest BCUT2D eigenvalue weighted by Crippen LogP contribution is 2.31. The molecular weight excluding hydrogens is 278 g/mol. The van der Waals surface area contributed by atoms with Gasteiger partial charge in [-0.2, -0.15) is 0 Å². The maximum Gasteiger partial charge on any atom is 0.244 e. The summed E-state index contributed by atoms with van der Waals surface area (Å²) in [6.45, 7) is 7.32. The summed E-state index contributed by atoms with van der Waals surface area (Å²) in [5.74, 6) is 0.901. The van der Waals surface area contributed by atoms with Crippen LogP contribution in [0.15, 0.2) is 24.3 Å². The van der Waals surface area contributed by atoms with Crippen LogP contribution in [0.2, 0.25) is 0 Å². The molecule has 0 aromatic heterocycles. The van der Waals surface area contributed by atoms with E-state index in [0.717, 1.165) is 30.9 Å². The van der Waals surface area contributed by atoms with Crippen molar-refractivity contribution in [2.75, 3.05) is 40.3 Å². The Hall–Kier alpha value is -1.59. The Kier molecular flexibility index (Phi) is 5.80. The van der Waals surface area contributed by atoms with Crippen LogP contribution >= 0.6 is 0 Å². The summed E-state index contributed by atoms with van der Waals surface area (Å²) < 4.78 is 5.75.